The Kier molecular flexibility index (Phi) is 17.1. The number of piperazine rings is 2. The molecule has 1 atom stereocenters. The molecule has 2 aromatic heterocycles. The third-order valence-corrected chi connectivity index (χ3v) is 16.2. The van der Waals surface area contributed by atoms with Gasteiger partial charge in [-0.05, 0) is 73.6 Å². The maximum Gasteiger partial charge on any atom is 0.135 e. The number of nitrogens with zero attached hydrogens (tertiary/aromatic N) is 8. The Hall–Kier alpha value is -3.81. The molecule has 16 heteroatoms. The number of rotatable bonds is 18. The Morgan fingerprint density at radius 3 is 1.75 bits per heavy atom. The number of halogens is 2. The monoisotopic (exact) mass is 1030 g/mol. The van der Waals surface area contributed by atoms with Gasteiger partial charge in [-0.3, -0.25) is 9.80 Å². The first-order valence-corrected chi connectivity index (χ1v) is 26.6. The predicted octanol–water partition coefficient (Wildman–Crippen LogP) is 8.25. The normalized spacial score (nSPS) is 19.6. The van der Waals surface area contributed by atoms with E-state index in [4.69, 9.17) is 28.9 Å². The zero-order chi connectivity index (χ0) is 47.8. The highest BCUT2D eigenvalue weighted by molar-refractivity contribution is 9.10. The molecule has 4 aromatic rings. The summed E-state index contributed by atoms with van der Waals surface area (Å²) in [5, 5.41) is 22.8. The van der Waals surface area contributed by atoms with Gasteiger partial charge in [0.05, 0.1) is 48.8 Å². The quantitative estimate of drug-likeness (QED) is 0.0889. The van der Waals surface area contributed by atoms with Crippen molar-refractivity contribution >= 4 is 51.1 Å². The molecule has 4 aliphatic rings. The van der Waals surface area contributed by atoms with E-state index in [0.717, 1.165) is 121 Å². The zero-order valence-electron chi connectivity index (χ0n) is 40.2. The molecule has 12 nitrogen and oxygen atoms in total. The van der Waals surface area contributed by atoms with Crippen LogP contribution in [-0.2, 0) is 64.3 Å². The molecule has 1 unspecified atom stereocenters. The van der Waals surface area contributed by atoms with E-state index < -0.39 is 11.2 Å². The highest BCUT2D eigenvalue weighted by Crippen LogP contribution is 2.42. The molecular weight excluding hydrogens is 964 g/mol. The number of pyridine rings is 2. The SMILES string of the molecule is COCCN1CCN(c2nc(SCCc3cccc(CC4(C)Cc5c(C#N)c(SCCc6ccc(Br)cc6)nc(N6CCN(CCOC)CC6)c5CO4)c3F)c(C#N)c3c2COC(C)(C)C3)CC1. The summed E-state index contributed by atoms with van der Waals surface area (Å²) < 4.78 is 41.5. The molecular formula is C52H64BrFN8O4S2. The van der Waals surface area contributed by atoms with Crippen molar-refractivity contribution in [3.05, 3.63) is 103 Å². The van der Waals surface area contributed by atoms with Crippen molar-refractivity contribution in [3.8, 4) is 12.1 Å². The molecule has 8 rings (SSSR count). The minimum atomic E-state index is -0.762. The summed E-state index contributed by atoms with van der Waals surface area (Å²) in [4.78, 5) is 19.9. The number of aromatic nitrogens is 2. The van der Waals surface area contributed by atoms with E-state index in [-0.39, 0.29) is 5.82 Å². The lowest BCUT2D eigenvalue weighted by atomic mass is 9.83. The molecule has 2 saturated heterocycles. The fraction of sp³-hybridized carbons (Fsp3) is 0.538. The molecule has 6 heterocycles. The lowest BCUT2D eigenvalue weighted by molar-refractivity contribution is -0.0541. The third-order valence-electron chi connectivity index (χ3n) is 13.7. The summed E-state index contributed by atoms with van der Waals surface area (Å²) >= 11 is 6.69. The van der Waals surface area contributed by atoms with Crippen LogP contribution in [0.15, 0.2) is 57.0 Å². The van der Waals surface area contributed by atoms with Gasteiger partial charge >= 0.3 is 0 Å². The fourth-order valence-electron chi connectivity index (χ4n) is 9.80. The summed E-state index contributed by atoms with van der Waals surface area (Å²) in [5.74, 6) is 2.88. The van der Waals surface area contributed by atoms with Crippen molar-refractivity contribution in [2.24, 2.45) is 0 Å². The average Bonchev–Trinajstić information content (AvgIpc) is 3.33. The van der Waals surface area contributed by atoms with Crippen LogP contribution >= 0.6 is 39.5 Å². The van der Waals surface area contributed by atoms with Crippen LogP contribution < -0.4 is 9.80 Å². The van der Waals surface area contributed by atoms with Crippen LogP contribution in [0.5, 0.6) is 0 Å². The Bertz CT molecular complexity index is 2490. The topological polar surface area (TPSA) is 123 Å². The minimum Gasteiger partial charge on any atom is -0.383 e. The maximum absolute atomic E-state index is 16.8. The Morgan fingerprint density at radius 1 is 0.691 bits per heavy atom. The summed E-state index contributed by atoms with van der Waals surface area (Å²) in [6.07, 6.45) is 2.73. The van der Waals surface area contributed by atoms with Crippen LogP contribution in [0.25, 0.3) is 0 Å². The molecule has 0 saturated carbocycles. The van der Waals surface area contributed by atoms with Gasteiger partial charge in [0.1, 0.15) is 39.6 Å². The number of fused-ring (bicyclic) bond motifs is 2. The van der Waals surface area contributed by atoms with E-state index in [1.54, 1.807) is 26.0 Å². The van der Waals surface area contributed by atoms with E-state index in [0.29, 0.717) is 85.1 Å². The predicted molar refractivity (Wildman–Crippen MR) is 272 cm³/mol. The minimum absolute atomic E-state index is 0.236. The van der Waals surface area contributed by atoms with Crippen LogP contribution in [0, 0.1) is 28.5 Å². The van der Waals surface area contributed by atoms with Gasteiger partial charge in [-0.2, -0.15) is 10.5 Å². The van der Waals surface area contributed by atoms with Crippen LogP contribution in [-0.4, -0.2) is 135 Å². The van der Waals surface area contributed by atoms with Gasteiger partial charge in [-0.25, -0.2) is 14.4 Å². The van der Waals surface area contributed by atoms with Crippen molar-refractivity contribution < 1.29 is 23.3 Å². The van der Waals surface area contributed by atoms with Crippen LogP contribution in [0.1, 0.15) is 70.8 Å². The van der Waals surface area contributed by atoms with Gasteiger partial charge in [0.15, 0.2) is 0 Å². The van der Waals surface area contributed by atoms with Gasteiger partial charge in [0, 0.05) is 126 Å². The standard InChI is InChI=1S/C52H64BrFN8O4S2/c1-51(2)30-40-42(32-55)49(57-47(44(40)34-65-51)61-19-15-59(16-20-61)23-25-63-4)68-28-14-37-7-6-8-38(46(37)54)29-52(3)31-41-43(33-56)50(67-27-13-36-9-11-39(53)12-10-36)58-48(45(41)35-66-52)62-21-17-60(18-22-62)24-26-64-5/h6-12H,13-31,34-35H2,1-5H3. The van der Waals surface area contributed by atoms with Crippen LogP contribution in [0.4, 0.5) is 16.0 Å². The molecule has 0 spiro atoms. The highest BCUT2D eigenvalue weighted by Gasteiger charge is 2.38. The first-order valence-electron chi connectivity index (χ1n) is 23.8. The number of hydrogen-bond donors (Lipinski definition) is 0. The van der Waals surface area contributed by atoms with Gasteiger partial charge in [0.25, 0.3) is 0 Å². The van der Waals surface area contributed by atoms with Gasteiger partial charge in [0.2, 0.25) is 0 Å². The number of thioether (sulfide) groups is 2. The number of anilines is 2. The summed E-state index contributed by atoms with van der Waals surface area (Å²) in [6, 6.07) is 19.1. The Balaban J connectivity index is 0.999. The highest BCUT2D eigenvalue weighted by atomic mass is 79.9. The fourth-order valence-corrected chi connectivity index (χ4v) is 12.0. The molecule has 2 aromatic carbocycles. The van der Waals surface area contributed by atoms with E-state index >= 15 is 4.39 Å². The number of ether oxygens (including phenoxy) is 4. The molecule has 0 amide bonds. The van der Waals surface area contributed by atoms with Crippen molar-refractivity contribution in [1.82, 2.24) is 19.8 Å². The zero-order valence-corrected chi connectivity index (χ0v) is 43.4. The number of aryl methyl sites for hydroxylation is 2. The molecule has 0 aliphatic carbocycles. The second-order valence-corrected chi connectivity index (χ2v) is 22.1. The van der Waals surface area contributed by atoms with E-state index in [1.807, 2.05) is 25.1 Å². The first kappa shape index (κ1) is 50.6. The van der Waals surface area contributed by atoms with Gasteiger partial charge < -0.3 is 28.7 Å². The molecule has 4 aliphatic heterocycles. The van der Waals surface area contributed by atoms with Crippen molar-refractivity contribution in [2.75, 3.05) is 114 Å². The smallest absolute Gasteiger partial charge is 0.135 e. The van der Waals surface area contributed by atoms with Crippen molar-refractivity contribution in [2.45, 2.75) is 87.3 Å². The molecule has 68 heavy (non-hydrogen) atoms. The second kappa shape index (κ2) is 23.0. The number of methoxy groups -OCH3 is 2. The number of hydrogen-bond acceptors (Lipinski definition) is 14. The second-order valence-electron chi connectivity index (χ2n) is 19.0. The largest absolute Gasteiger partial charge is 0.383 e. The number of benzene rings is 2. The molecule has 0 N–H and O–H groups in total. The van der Waals surface area contributed by atoms with Crippen molar-refractivity contribution in [3.63, 3.8) is 0 Å². The van der Waals surface area contributed by atoms with Crippen molar-refractivity contribution in [1.29, 1.82) is 10.5 Å². The summed E-state index contributed by atoms with van der Waals surface area (Å²) in [6.45, 7) is 16.9. The molecule has 0 radical (unpaired) electrons. The number of nitriles is 2. The molecule has 0 bridgehead atoms. The van der Waals surface area contributed by atoms with Crippen LogP contribution in [0.2, 0.25) is 0 Å². The summed E-state index contributed by atoms with van der Waals surface area (Å²) in [5.41, 5.74) is 6.41. The first-order chi connectivity index (χ1) is 32.9. The van der Waals surface area contributed by atoms with E-state index in [1.165, 1.54) is 17.3 Å². The third kappa shape index (κ3) is 12.0. The molecule has 2 fully saturated rings. The lowest BCUT2D eigenvalue weighted by Crippen LogP contribution is -2.48. The van der Waals surface area contributed by atoms with E-state index in [9.17, 15) is 10.5 Å². The Morgan fingerprint density at radius 2 is 1.21 bits per heavy atom. The summed E-state index contributed by atoms with van der Waals surface area (Å²) in [7, 11) is 3.47. The average molecular weight is 1030 g/mol. The van der Waals surface area contributed by atoms with E-state index in [2.05, 4.69) is 85.8 Å². The lowest BCUT2D eigenvalue weighted by Gasteiger charge is -2.40. The van der Waals surface area contributed by atoms with Crippen LogP contribution in [0.3, 0.4) is 0 Å². The van der Waals surface area contributed by atoms with Gasteiger partial charge in [-0.1, -0.05) is 46.3 Å². The molecule has 362 valence electrons. The Labute approximate surface area is 419 Å². The van der Waals surface area contributed by atoms with Gasteiger partial charge in [-0.15, -0.1) is 23.5 Å². The maximum atomic E-state index is 16.8.